The van der Waals surface area contributed by atoms with Crippen LogP contribution in [0.4, 0.5) is 17.6 Å². The molecule has 3 N–H and O–H groups in total. The van der Waals surface area contributed by atoms with Gasteiger partial charge in [0.15, 0.2) is 5.82 Å². The number of hydrogen-bond acceptors (Lipinski definition) is 8. The van der Waals surface area contributed by atoms with Gasteiger partial charge >= 0.3 is 0 Å². The van der Waals surface area contributed by atoms with E-state index in [1.165, 1.54) is 36.9 Å². The van der Waals surface area contributed by atoms with Gasteiger partial charge in [-0.05, 0) is 68.4 Å². The molecule has 32 heavy (non-hydrogen) atoms. The summed E-state index contributed by atoms with van der Waals surface area (Å²) < 4.78 is 7.33. The van der Waals surface area contributed by atoms with Crippen LogP contribution in [0.15, 0.2) is 48.8 Å². The summed E-state index contributed by atoms with van der Waals surface area (Å²) in [6.45, 7) is 4.00. The number of nitrogens with two attached hydrogens (primary N) is 1. The zero-order valence-corrected chi connectivity index (χ0v) is 18.2. The van der Waals surface area contributed by atoms with E-state index in [9.17, 15) is 0 Å². The van der Waals surface area contributed by atoms with Crippen LogP contribution in [0, 0.1) is 0 Å². The number of nitrogens with zero attached hydrogens (tertiary/aromatic N) is 6. The van der Waals surface area contributed by atoms with Gasteiger partial charge in [-0.25, -0.2) is 9.97 Å². The van der Waals surface area contributed by atoms with Gasteiger partial charge in [-0.2, -0.15) is 9.67 Å². The van der Waals surface area contributed by atoms with Gasteiger partial charge in [0.25, 0.3) is 0 Å². The van der Waals surface area contributed by atoms with Crippen molar-refractivity contribution in [1.29, 1.82) is 0 Å². The van der Waals surface area contributed by atoms with Crippen LogP contribution >= 0.6 is 11.6 Å². The summed E-state index contributed by atoms with van der Waals surface area (Å²) in [5, 5.41) is 8.95. The van der Waals surface area contributed by atoms with Gasteiger partial charge in [0.05, 0.1) is 5.52 Å². The van der Waals surface area contributed by atoms with Gasteiger partial charge in [-0.3, -0.25) is 4.90 Å². The molecular formula is C22H23ClN8O. The molecule has 0 saturated carbocycles. The molecule has 1 aliphatic heterocycles. The number of hydrogen-bond donors (Lipinski definition) is 2. The predicted octanol–water partition coefficient (Wildman–Crippen LogP) is 3.66. The Morgan fingerprint density at radius 1 is 1.06 bits per heavy atom. The van der Waals surface area contributed by atoms with E-state index in [0.717, 1.165) is 28.9 Å². The SMILES string of the molecule is Nc1nc(Nc2ccc(OCCN3CCCC3)cc2)nn1-c1ncnc2ccc(Cl)cc12. The van der Waals surface area contributed by atoms with Crippen LogP contribution in [0.5, 0.6) is 5.75 Å². The Hall–Kier alpha value is -3.43. The highest BCUT2D eigenvalue weighted by atomic mass is 35.5. The molecule has 2 aromatic heterocycles. The number of aromatic nitrogens is 5. The summed E-state index contributed by atoms with van der Waals surface area (Å²) in [7, 11) is 0. The first-order valence-electron chi connectivity index (χ1n) is 10.5. The summed E-state index contributed by atoms with van der Waals surface area (Å²) in [5.74, 6) is 1.91. The maximum atomic E-state index is 6.15. The highest BCUT2D eigenvalue weighted by Gasteiger charge is 2.14. The van der Waals surface area contributed by atoms with E-state index in [4.69, 9.17) is 22.1 Å². The Bertz CT molecular complexity index is 1220. The van der Waals surface area contributed by atoms with Gasteiger partial charge in [-0.1, -0.05) is 11.6 Å². The van der Waals surface area contributed by atoms with Crippen molar-refractivity contribution in [2.75, 3.05) is 37.3 Å². The fraction of sp³-hybridized carbons (Fsp3) is 0.273. The van der Waals surface area contributed by atoms with Gasteiger partial charge in [0, 0.05) is 22.6 Å². The third kappa shape index (κ3) is 4.44. The zero-order chi connectivity index (χ0) is 21.9. The molecule has 5 rings (SSSR count). The minimum Gasteiger partial charge on any atom is -0.492 e. The molecule has 0 unspecified atom stereocenters. The van der Waals surface area contributed by atoms with Crippen LogP contribution < -0.4 is 15.8 Å². The first-order chi connectivity index (χ1) is 15.7. The lowest BCUT2D eigenvalue weighted by Crippen LogP contribution is -2.25. The van der Waals surface area contributed by atoms with E-state index in [1.807, 2.05) is 30.3 Å². The van der Waals surface area contributed by atoms with Crippen molar-refractivity contribution in [2.24, 2.45) is 0 Å². The Labute approximate surface area is 190 Å². The molecule has 0 atom stereocenters. The number of nitrogens with one attached hydrogen (secondary N) is 1. The number of fused-ring (bicyclic) bond motifs is 1. The van der Waals surface area contributed by atoms with Crippen LogP contribution in [0.3, 0.4) is 0 Å². The minimum absolute atomic E-state index is 0.203. The topological polar surface area (TPSA) is 107 Å². The number of halogens is 1. The lowest BCUT2D eigenvalue weighted by molar-refractivity contribution is 0.238. The van der Waals surface area contributed by atoms with Crippen molar-refractivity contribution in [3.63, 3.8) is 0 Å². The van der Waals surface area contributed by atoms with Crippen molar-refractivity contribution in [1.82, 2.24) is 29.6 Å². The van der Waals surface area contributed by atoms with Crippen LogP contribution in [0.25, 0.3) is 16.7 Å². The number of anilines is 3. The second kappa shape index (κ2) is 8.97. The summed E-state index contributed by atoms with van der Waals surface area (Å²) in [6.07, 6.45) is 4.04. The van der Waals surface area contributed by atoms with Gasteiger partial charge < -0.3 is 15.8 Å². The van der Waals surface area contributed by atoms with E-state index in [0.29, 0.717) is 23.4 Å². The molecule has 0 amide bonds. The summed E-state index contributed by atoms with van der Waals surface area (Å²) in [5.41, 5.74) is 7.68. The van der Waals surface area contributed by atoms with E-state index in [-0.39, 0.29) is 5.95 Å². The lowest BCUT2D eigenvalue weighted by atomic mass is 10.2. The maximum Gasteiger partial charge on any atom is 0.248 e. The maximum absolute atomic E-state index is 6.15. The number of benzene rings is 2. The molecule has 9 nitrogen and oxygen atoms in total. The molecule has 1 fully saturated rings. The van der Waals surface area contributed by atoms with Gasteiger partial charge in [0.2, 0.25) is 11.9 Å². The average molecular weight is 451 g/mol. The first kappa shape index (κ1) is 20.5. The van der Waals surface area contributed by atoms with Gasteiger partial charge in [-0.15, -0.1) is 5.10 Å². The second-order valence-corrected chi connectivity index (χ2v) is 8.05. The molecule has 0 spiro atoms. The van der Waals surface area contributed by atoms with E-state index in [2.05, 4.69) is 30.3 Å². The smallest absolute Gasteiger partial charge is 0.248 e. The Morgan fingerprint density at radius 2 is 1.88 bits per heavy atom. The third-order valence-corrected chi connectivity index (χ3v) is 5.63. The minimum atomic E-state index is 0.203. The summed E-state index contributed by atoms with van der Waals surface area (Å²) in [4.78, 5) is 15.3. The van der Waals surface area contributed by atoms with E-state index < -0.39 is 0 Å². The van der Waals surface area contributed by atoms with Crippen molar-refractivity contribution >= 4 is 40.1 Å². The standard InChI is InChI=1S/C22H23ClN8O/c23-15-3-8-19-18(13-15)20(26-14-25-19)31-21(24)28-22(29-31)27-16-4-6-17(7-5-16)32-12-11-30-9-1-2-10-30/h3-8,13-14H,1-2,9-12H2,(H3,24,27,28,29). The fourth-order valence-corrected chi connectivity index (χ4v) is 3.95. The molecule has 1 aliphatic rings. The first-order valence-corrected chi connectivity index (χ1v) is 10.9. The number of nitrogen functional groups attached to an aromatic ring is 1. The van der Waals surface area contributed by atoms with Crippen LogP contribution in [-0.4, -0.2) is 55.9 Å². The molecule has 1 saturated heterocycles. The number of likely N-dealkylation sites (tertiary alicyclic amines) is 1. The quantitative estimate of drug-likeness (QED) is 0.439. The molecular weight excluding hydrogens is 428 g/mol. The zero-order valence-electron chi connectivity index (χ0n) is 17.4. The predicted molar refractivity (Wildman–Crippen MR) is 125 cm³/mol. The van der Waals surface area contributed by atoms with Crippen LogP contribution in [-0.2, 0) is 0 Å². The largest absolute Gasteiger partial charge is 0.492 e. The molecule has 0 radical (unpaired) electrons. The van der Waals surface area contributed by atoms with Crippen molar-refractivity contribution < 1.29 is 4.74 Å². The highest BCUT2D eigenvalue weighted by Crippen LogP contribution is 2.25. The Balaban J connectivity index is 1.28. The van der Waals surface area contributed by atoms with Crippen molar-refractivity contribution in [3.8, 4) is 11.6 Å². The Morgan fingerprint density at radius 3 is 2.69 bits per heavy atom. The molecule has 10 heteroatoms. The van der Waals surface area contributed by atoms with E-state index >= 15 is 0 Å². The fourth-order valence-electron chi connectivity index (χ4n) is 3.78. The monoisotopic (exact) mass is 450 g/mol. The third-order valence-electron chi connectivity index (χ3n) is 5.39. The molecule has 3 heterocycles. The van der Waals surface area contributed by atoms with E-state index in [1.54, 1.807) is 12.1 Å². The second-order valence-electron chi connectivity index (χ2n) is 7.61. The number of ether oxygens (including phenoxy) is 1. The number of rotatable bonds is 7. The molecule has 0 aliphatic carbocycles. The van der Waals surface area contributed by atoms with Gasteiger partial charge in [0.1, 0.15) is 18.7 Å². The lowest BCUT2D eigenvalue weighted by Gasteiger charge is -2.15. The molecule has 0 bridgehead atoms. The van der Waals surface area contributed by atoms with Crippen molar-refractivity contribution in [3.05, 3.63) is 53.8 Å². The Kier molecular flexibility index (Phi) is 5.74. The normalized spacial score (nSPS) is 14.2. The summed E-state index contributed by atoms with van der Waals surface area (Å²) >= 11 is 6.15. The van der Waals surface area contributed by atoms with Crippen LogP contribution in [0.1, 0.15) is 12.8 Å². The molecule has 2 aromatic carbocycles. The molecule has 4 aromatic rings. The average Bonchev–Trinajstić information content (AvgIpc) is 3.44. The van der Waals surface area contributed by atoms with Crippen LogP contribution in [0.2, 0.25) is 5.02 Å². The highest BCUT2D eigenvalue weighted by molar-refractivity contribution is 6.31. The van der Waals surface area contributed by atoms with Crippen molar-refractivity contribution in [2.45, 2.75) is 12.8 Å². The molecule has 164 valence electrons. The summed E-state index contributed by atoms with van der Waals surface area (Å²) in [6, 6.07) is 13.1.